The zero-order valence-corrected chi connectivity index (χ0v) is 12.1. The highest BCUT2D eigenvalue weighted by atomic mass is 14.2. The van der Waals surface area contributed by atoms with Gasteiger partial charge >= 0.3 is 0 Å². The standard InChI is InChI=1S/C19H26/c1-3-5-7-17-10-14-19(15-11-17)18-12-8-16(6-4-2)9-13-18/h3-4,6,10-11,14-16,18H,1,5,7-9,12-13H2,2H3/b6-4+. The summed E-state index contributed by atoms with van der Waals surface area (Å²) < 4.78 is 0. The quantitative estimate of drug-likeness (QED) is 0.595. The van der Waals surface area contributed by atoms with E-state index in [0.29, 0.717) is 0 Å². The normalized spacial score (nSPS) is 23.6. The highest BCUT2D eigenvalue weighted by molar-refractivity contribution is 5.26. The van der Waals surface area contributed by atoms with E-state index in [0.717, 1.165) is 24.7 Å². The summed E-state index contributed by atoms with van der Waals surface area (Å²) in [7, 11) is 0. The van der Waals surface area contributed by atoms with Crippen LogP contribution in [0.1, 0.15) is 56.1 Å². The lowest BCUT2D eigenvalue weighted by Crippen LogP contribution is -2.11. The van der Waals surface area contributed by atoms with Gasteiger partial charge in [-0.3, -0.25) is 0 Å². The Hall–Kier alpha value is -1.30. The third kappa shape index (κ3) is 4.09. The molecule has 1 aliphatic carbocycles. The van der Waals surface area contributed by atoms with Crippen LogP contribution in [-0.2, 0) is 6.42 Å². The van der Waals surface area contributed by atoms with E-state index in [4.69, 9.17) is 0 Å². The molecule has 0 aromatic heterocycles. The molecule has 2 rings (SSSR count). The van der Waals surface area contributed by atoms with Crippen molar-refractivity contribution in [1.29, 1.82) is 0 Å². The Labute approximate surface area is 118 Å². The molecule has 0 nitrogen and oxygen atoms in total. The van der Waals surface area contributed by atoms with Gasteiger partial charge in [0, 0.05) is 0 Å². The summed E-state index contributed by atoms with van der Waals surface area (Å²) in [5, 5.41) is 0. The maximum absolute atomic E-state index is 3.78. The van der Waals surface area contributed by atoms with Crippen LogP contribution in [0.25, 0.3) is 0 Å². The molecule has 1 fully saturated rings. The fourth-order valence-electron chi connectivity index (χ4n) is 3.14. The maximum atomic E-state index is 3.78. The van der Waals surface area contributed by atoms with Crippen molar-refractivity contribution in [2.75, 3.05) is 0 Å². The largest absolute Gasteiger partial charge is 0.103 e. The van der Waals surface area contributed by atoms with Crippen molar-refractivity contribution in [2.24, 2.45) is 5.92 Å². The van der Waals surface area contributed by atoms with Crippen LogP contribution in [0.2, 0.25) is 0 Å². The van der Waals surface area contributed by atoms with Gasteiger partial charge in [-0.05, 0) is 68.4 Å². The van der Waals surface area contributed by atoms with Crippen LogP contribution in [0.3, 0.4) is 0 Å². The SMILES string of the molecule is C=CCCc1ccc(C2CCC(/C=C/C)CC2)cc1. The van der Waals surface area contributed by atoms with Crippen molar-refractivity contribution < 1.29 is 0 Å². The zero-order valence-electron chi connectivity index (χ0n) is 12.1. The van der Waals surface area contributed by atoms with Gasteiger partial charge in [0.05, 0.1) is 0 Å². The average Bonchev–Trinajstić information content (AvgIpc) is 2.47. The molecular weight excluding hydrogens is 228 g/mol. The summed E-state index contributed by atoms with van der Waals surface area (Å²) in [5.74, 6) is 1.61. The van der Waals surface area contributed by atoms with Gasteiger partial charge in [0.15, 0.2) is 0 Å². The van der Waals surface area contributed by atoms with E-state index in [1.54, 1.807) is 5.56 Å². The van der Waals surface area contributed by atoms with Crippen molar-refractivity contribution in [1.82, 2.24) is 0 Å². The van der Waals surface area contributed by atoms with E-state index in [1.165, 1.54) is 31.2 Å². The van der Waals surface area contributed by atoms with Crippen molar-refractivity contribution in [2.45, 2.75) is 51.4 Å². The van der Waals surface area contributed by atoms with E-state index in [2.05, 4.69) is 49.9 Å². The van der Waals surface area contributed by atoms with Crippen LogP contribution < -0.4 is 0 Å². The van der Waals surface area contributed by atoms with Crippen LogP contribution in [0.5, 0.6) is 0 Å². The van der Waals surface area contributed by atoms with Gasteiger partial charge in [0.1, 0.15) is 0 Å². The van der Waals surface area contributed by atoms with Crippen LogP contribution >= 0.6 is 0 Å². The Morgan fingerprint density at radius 3 is 2.37 bits per heavy atom. The second kappa shape index (κ2) is 7.33. The molecule has 0 amide bonds. The molecule has 0 aliphatic heterocycles. The molecule has 1 aliphatic rings. The number of rotatable bonds is 5. The lowest BCUT2D eigenvalue weighted by Gasteiger charge is -2.27. The van der Waals surface area contributed by atoms with E-state index in [1.807, 2.05) is 6.08 Å². The van der Waals surface area contributed by atoms with Crippen LogP contribution in [-0.4, -0.2) is 0 Å². The molecule has 0 saturated heterocycles. The molecule has 0 atom stereocenters. The predicted octanol–water partition coefficient (Wildman–Crippen LogP) is 5.66. The number of benzene rings is 1. The third-order valence-electron chi connectivity index (χ3n) is 4.32. The molecule has 0 unspecified atom stereocenters. The first-order chi connectivity index (χ1) is 9.33. The minimum Gasteiger partial charge on any atom is -0.103 e. The lowest BCUT2D eigenvalue weighted by molar-refractivity contribution is 0.375. The Morgan fingerprint density at radius 2 is 1.79 bits per heavy atom. The summed E-state index contributed by atoms with van der Waals surface area (Å²) in [5.41, 5.74) is 2.98. The van der Waals surface area contributed by atoms with E-state index in [9.17, 15) is 0 Å². The molecule has 0 N–H and O–H groups in total. The van der Waals surface area contributed by atoms with Gasteiger partial charge < -0.3 is 0 Å². The average molecular weight is 254 g/mol. The monoisotopic (exact) mass is 254 g/mol. The molecule has 0 bridgehead atoms. The van der Waals surface area contributed by atoms with Crippen molar-refractivity contribution >= 4 is 0 Å². The van der Waals surface area contributed by atoms with Gasteiger partial charge in [-0.1, -0.05) is 42.5 Å². The van der Waals surface area contributed by atoms with Crippen molar-refractivity contribution in [3.8, 4) is 0 Å². The van der Waals surface area contributed by atoms with Crippen molar-refractivity contribution in [3.63, 3.8) is 0 Å². The number of hydrogen-bond donors (Lipinski definition) is 0. The topological polar surface area (TPSA) is 0 Å². The first-order valence-electron chi connectivity index (χ1n) is 7.66. The summed E-state index contributed by atoms with van der Waals surface area (Å²) in [4.78, 5) is 0. The van der Waals surface area contributed by atoms with Crippen LogP contribution in [0, 0.1) is 5.92 Å². The molecule has 0 heteroatoms. The second-order valence-corrected chi connectivity index (χ2v) is 5.71. The van der Waals surface area contributed by atoms with E-state index in [-0.39, 0.29) is 0 Å². The molecule has 0 heterocycles. The summed E-state index contributed by atoms with van der Waals surface area (Å²) in [6.45, 7) is 5.92. The summed E-state index contributed by atoms with van der Waals surface area (Å²) in [6.07, 6.45) is 14.2. The summed E-state index contributed by atoms with van der Waals surface area (Å²) in [6, 6.07) is 9.30. The van der Waals surface area contributed by atoms with Gasteiger partial charge in [-0.2, -0.15) is 0 Å². The smallest absolute Gasteiger partial charge is 0.0162 e. The first kappa shape index (κ1) is 14.1. The molecule has 0 radical (unpaired) electrons. The highest BCUT2D eigenvalue weighted by Crippen LogP contribution is 2.36. The first-order valence-corrected chi connectivity index (χ1v) is 7.66. The number of aryl methyl sites for hydroxylation is 1. The molecular formula is C19H26. The fraction of sp³-hybridized carbons (Fsp3) is 0.474. The van der Waals surface area contributed by atoms with Crippen LogP contribution in [0.15, 0.2) is 49.1 Å². The molecule has 19 heavy (non-hydrogen) atoms. The summed E-state index contributed by atoms with van der Waals surface area (Å²) >= 11 is 0. The minimum atomic E-state index is 0.787. The van der Waals surface area contributed by atoms with Gasteiger partial charge in [-0.25, -0.2) is 0 Å². The Bertz CT molecular complexity index is 402. The van der Waals surface area contributed by atoms with Crippen molar-refractivity contribution in [3.05, 3.63) is 60.2 Å². The van der Waals surface area contributed by atoms with Gasteiger partial charge in [0.2, 0.25) is 0 Å². The van der Waals surface area contributed by atoms with Crippen LogP contribution in [0.4, 0.5) is 0 Å². The third-order valence-corrected chi connectivity index (χ3v) is 4.32. The Morgan fingerprint density at radius 1 is 1.11 bits per heavy atom. The lowest BCUT2D eigenvalue weighted by atomic mass is 9.78. The second-order valence-electron chi connectivity index (χ2n) is 5.71. The Balaban J connectivity index is 1.90. The maximum Gasteiger partial charge on any atom is -0.0162 e. The number of hydrogen-bond acceptors (Lipinski definition) is 0. The van der Waals surface area contributed by atoms with E-state index < -0.39 is 0 Å². The molecule has 1 saturated carbocycles. The number of allylic oxidation sites excluding steroid dienone is 3. The molecule has 102 valence electrons. The van der Waals surface area contributed by atoms with Gasteiger partial charge in [-0.15, -0.1) is 6.58 Å². The molecule has 1 aromatic rings. The van der Waals surface area contributed by atoms with E-state index >= 15 is 0 Å². The predicted molar refractivity (Wildman–Crippen MR) is 84.5 cm³/mol. The fourth-order valence-corrected chi connectivity index (χ4v) is 3.14. The molecule has 0 spiro atoms. The zero-order chi connectivity index (χ0) is 13.5. The minimum absolute atomic E-state index is 0.787. The highest BCUT2D eigenvalue weighted by Gasteiger charge is 2.20. The Kier molecular flexibility index (Phi) is 5.44. The molecule has 1 aromatic carbocycles. The van der Waals surface area contributed by atoms with Gasteiger partial charge in [0.25, 0.3) is 0 Å².